The lowest BCUT2D eigenvalue weighted by Crippen LogP contribution is -2.26. The van der Waals surface area contributed by atoms with Gasteiger partial charge in [0.25, 0.3) is 5.91 Å². The lowest BCUT2D eigenvalue weighted by Gasteiger charge is -2.10. The number of aryl methyl sites for hydroxylation is 3. The van der Waals surface area contributed by atoms with Crippen LogP contribution in [0.2, 0.25) is 0 Å². The van der Waals surface area contributed by atoms with Crippen molar-refractivity contribution in [2.75, 3.05) is 5.73 Å². The van der Waals surface area contributed by atoms with Crippen LogP contribution in [0.15, 0.2) is 24.3 Å². The van der Waals surface area contributed by atoms with Crippen molar-refractivity contribution < 1.29 is 4.79 Å². The minimum Gasteiger partial charge on any atom is -0.395 e. The quantitative estimate of drug-likeness (QED) is 0.883. The van der Waals surface area contributed by atoms with Crippen molar-refractivity contribution in [1.82, 2.24) is 15.1 Å². The average Bonchev–Trinajstić information content (AvgIpc) is 2.79. The molecule has 5 nitrogen and oxygen atoms in total. The summed E-state index contributed by atoms with van der Waals surface area (Å²) in [6.45, 7) is 4.57. The third-order valence-electron chi connectivity index (χ3n) is 3.65. The number of benzene rings is 1. The number of nitrogens with zero attached hydrogens (tertiary/aromatic N) is 2. The van der Waals surface area contributed by atoms with Gasteiger partial charge in [0.05, 0.1) is 11.4 Å². The minimum absolute atomic E-state index is 0.187. The monoisotopic (exact) mass is 286 g/mol. The van der Waals surface area contributed by atoms with E-state index >= 15 is 0 Å². The number of nitrogens with one attached hydrogen (secondary N) is 1. The maximum absolute atomic E-state index is 12.3. The molecule has 0 unspecified atom stereocenters. The fraction of sp³-hybridized carbons (Fsp3) is 0.375. The number of nitrogens with two attached hydrogens (primary N) is 1. The number of hydrogen-bond donors (Lipinski definition) is 2. The largest absolute Gasteiger partial charge is 0.395 e. The van der Waals surface area contributed by atoms with Gasteiger partial charge in [-0.05, 0) is 24.0 Å². The Labute approximate surface area is 125 Å². The number of aromatic nitrogens is 2. The van der Waals surface area contributed by atoms with Crippen molar-refractivity contribution >= 4 is 11.6 Å². The second-order valence-corrected chi connectivity index (χ2v) is 4.99. The third kappa shape index (κ3) is 3.07. The Morgan fingerprint density at radius 1 is 1.24 bits per heavy atom. The highest BCUT2D eigenvalue weighted by molar-refractivity contribution is 5.97. The fourth-order valence-corrected chi connectivity index (χ4v) is 2.46. The predicted octanol–water partition coefficient (Wildman–Crippen LogP) is 2.06. The molecule has 0 saturated carbocycles. The molecule has 1 heterocycles. The van der Waals surface area contributed by atoms with Crippen molar-refractivity contribution in [1.29, 1.82) is 0 Å². The van der Waals surface area contributed by atoms with Crippen molar-refractivity contribution in [3.05, 3.63) is 46.8 Å². The van der Waals surface area contributed by atoms with Crippen LogP contribution >= 0.6 is 0 Å². The molecule has 2 aromatic rings. The molecular formula is C16H22N4O. The summed E-state index contributed by atoms with van der Waals surface area (Å²) >= 11 is 0. The molecule has 21 heavy (non-hydrogen) atoms. The molecule has 0 aliphatic carbocycles. The molecule has 0 aliphatic heterocycles. The van der Waals surface area contributed by atoms with Gasteiger partial charge in [-0.2, -0.15) is 5.10 Å². The number of rotatable bonds is 5. The van der Waals surface area contributed by atoms with Crippen LogP contribution in [0.4, 0.5) is 5.69 Å². The van der Waals surface area contributed by atoms with E-state index in [1.807, 2.05) is 25.1 Å². The molecule has 3 N–H and O–H groups in total. The maximum atomic E-state index is 12.3. The van der Waals surface area contributed by atoms with E-state index in [9.17, 15) is 4.79 Å². The molecule has 0 fully saturated rings. The van der Waals surface area contributed by atoms with E-state index in [1.165, 1.54) is 5.56 Å². The van der Waals surface area contributed by atoms with Gasteiger partial charge < -0.3 is 11.1 Å². The van der Waals surface area contributed by atoms with Gasteiger partial charge in [0.2, 0.25) is 0 Å². The summed E-state index contributed by atoms with van der Waals surface area (Å²) in [6, 6.07) is 8.10. The van der Waals surface area contributed by atoms with Crippen molar-refractivity contribution in [3.8, 4) is 0 Å². The van der Waals surface area contributed by atoms with E-state index in [-0.39, 0.29) is 5.91 Å². The van der Waals surface area contributed by atoms with Gasteiger partial charge in [0.15, 0.2) is 0 Å². The SMILES string of the molecule is CCc1ccccc1CNC(=O)c1c(N)c(CC)nn1C. The summed E-state index contributed by atoms with van der Waals surface area (Å²) in [5, 5.41) is 7.20. The zero-order valence-corrected chi connectivity index (χ0v) is 12.8. The molecule has 1 aromatic heterocycles. The molecule has 5 heteroatoms. The van der Waals surface area contributed by atoms with E-state index in [2.05, 4.69) is 23.4 Å². The van der Waals surface area contributed by atoms with E-state index in [1.54, 1.807) is 11.7 Å². The summed E-state index contributed by atoms with van der Waals surface area (Å²) in [7, 11) is 1.74. The summed E-state index contributed by atoms with van der Waals surface area (Å²) in [5.74, 6) is -0.187. The molecule has 1 aromatic carbocycles. The number of hydrogen-bond acceptors (Lipinski definition) is 3. The molecule has 1 amide bonds. The average molecular weight is 286 g/mol. The molecular weight excluding hydrogens is 264 g/mol. The standard InChI is InChI=1S/C16H22N4O/c1-4-11-8-6-7-9-12(11)10-18-16(21)15-14(17)13(5-2)19-20(15)3/h6-9H,4-5,10,17H2,1-3H3,(H,18,21). The Balaban J connectivity index is 2.14. The summed E-state index contributed by atoms with van der Waals surface area (Å²) in [4.78, 5) is 12.3. The van der Waals surface area contributed by atoms with Crippen LogP contribution in [0.5, 0.6) is 0 Å². The Hall–Kier alpha value is -2.30. The van der Waals surface area contributed by atoms with Crippen LogP contribution in [-0.2, 0) is 26.4 Å². The molecule has 0 radical (unpaired) electrons. The van der Waals surface area contributed by atoms with Crippen molar-refractivity contribution in [2.24, 2.45) is 7.05 Å². The number of carbonyl (C=O) groups excluding carboxylic acids is 1. The first kappa shape index (κ1) is 15.1. The summed E-state index contributed by atoms with van der Waals surface area (Å²) in [5.41, 5.74) is 10.0. The number of carbonyl (C=O) groups is 1. The van der Waals surface area contributed by atoms with Crippen LogP contribution in [-0.4, -0.2) is 15.7 Å². The summed E-state index contributed by atoms with van der Waals surface area (Å²) in [6.07, 6.45) is 1.66. The van der Waals surface area contributed by atoms with Gasteiger partial charge in [-0.15, -0.1) is 0 Å². The normalized spacial score (nSPS) is 10.6. The highest BCUT2D eigenvalue weighted by Crippen LogP contribution is 2.17. The van der Waals surface area contributed by atoms with Crippen molar-refractivity contribution in [3.63, 3.8) is 0 Å². The number of amides is 1. The van der Waals surface area contributed by atoms with Gasteiger partial charge in [-0.25, -0.2) is 0 Å². The highest BCUT2D eigenvalue weighted by Gasteiger charge is 2.18. The Morgan fingerprint density at radius 3 is 2.48 bits per heavy atom. The number of anilines is 1. The second-order valence-electron chi connectivity index (χ2n) is 4.99. The van der Waals surface area contributed by atoms with Gasteiger partial charge >= 0.3 is 0 Å². The Morgan fingerprint density at radius 2 is 1.90 bits per heavy atom. The van der Waals surface area contributed by atoms with E-state index < -0.39 is 0 Å². The van der Waals surface area contributed by atoms with E-state index in [0.717, 1.165) is 17.7 Å². The Kier molecular flexibility index (Phi) is 4.62. The maximum Gasteiger partial charge on any atom is 0.271 e. The topological polar surface area (TPSA) is 72.9 Å². The molecule has 0 saturated heterocycles. The van der Waals surface area contributed by atoms with Crippen LogP contribution in [0, 0.1) is 0 Å². The zero-order valence-electron chi connectivity index (χ0n) is 12.8. The van der Waals surface area contributed by atoms with Gasteiger partial charge in [0, 0.05) is 13.6 Å². The van der Waals surface area contributed by atoms with Gasteiger partial charge in [-0.3, -0.25) is 9.48 Å². The molecule has 2 rings (SSSR count). The Bertz CT molecular complexity index is 646. The first-order chi connectivity index (χ1) is 10.1. The third-order valence-corrected chi connectivity index (χ3v) is 3.65. The minimum atomic E-state index is -0.187. The van der Waals surface area contributed by atoms with E-state index in [4.69, 9.17) is 5.73 Å². The first-order valence-electron chi connectivity index (χ1n) is 7.24. The van der Waals surface area contributed by atoms with Crippen LogP contribution < -0.4 is 11.1 Å². The van der Waals surface area contributed by atoms with Crippen LogP contribution in [0.1, 0.15) is 41.2 Å². The van der Waals surface area contributed by atoms with Gasteiger partial charge in [-0.1, -0.05) is 38.1 Å². The van der Waals surface area contributed by atoms with E-state index in [0.29, 0.717) is 24.3 Å². The molecule has 0 aliphatic rings. The first-order valence-corrected chi connectivity index (χ1v) is 7.24. The lowest BCUT2D eigenvalue weighted by atomic mass is 10.1. The predicted molar refractivity (Wildman–Crippen MR) is 84.0 cm³/mol. The molecule has 0 bridgehead atoms. The molecule has 0 spiro atoms. The van der Waals surface area contributed by atoms with Crippen LogP contribution in [0.3, 0.4) is 0 Å². The van der Waals surface area contributed by atoms with Gasteiger partial charge in [0.1, 0.15) is 5.69 Å². The number of nitrogen functional groups attached to an aromatic ring is 1. The smallest absolute Gasteiger partial charge is 0.271 e. The fourth-order valence-electron chi connectivity index (χ4n) is 2.46. The lowest BCUT2D eigenvalue weighted by molar-refractivity contribution is 0.0942. The molecule has 112 valence electrons. The van der Waals surface area contributed by atoms with Crippen LogP contribution in [0.25, 0.3) is 0 Å². The summed E-state index contributed by atoms with van der Waals surface area (Å²) < 4.78 is 1.55. The second kappa shape index (κ2) is 6.43. The highest BCUT2D eigenvalue weighted by atomic mass is 16.2. The van der Waals surface area contributed by atoms with Crippen molar-refractivity contribution in [2.45, 2.75) is 33.2 Å². The molecule has 0 atom stereocenters. The zero-order chi connectivity index (χ0) is 15.4.